The van der Waals surface area contributed by atoms with Crippen LogP contribution in [0.25, 0.3) is 0 Å². The van der Waals surface area contributed by atoms with E-state index in [4.69, 9.17) is 0 Å². The first kappa shape index (κ1) is 20.9. The first-order valence-corrected chi connectivity index (χ1v) is 12.1. The van der Waals surface area contributed by atoms with Crippen molar-refractivity contribution in [3.8, 4) is 0 Å². The molecule has 0 rings (SSSR count). The van der Waals surface area contributed by atoms with Gasteiger partial charge in [-0.3, -0.25) is 0 Å². The Morgan fingerprint density at radius 1 is 0.857 bits per heavy atom. The monoisotopic (exact) mass is 312 g/mol. The van der Waals surface area contributed by atoms with Gasteiger partial charge in [0.15, 0.2) is 0 Å². The highest BCUT2D eigenvalue weighted by molar-refractivity contribution is 6.86. The van der Waals surface area contributed by atoms with Crippen molar-refractivity contribution in [1.29, 1.82) is 0 Å². The molecular formula is C19H40OSi. The van der Waals surface area contributed by atoms with Crippen molar-refractivity contribution in [3.63, 3.8) is 0 Å². The minimum Gasteiger partial charge on any atom is -0.389 e. The summed E-state index contributed by atoms with van der Waals surface area (Å²) in [7, 11) is -1.35. The highest BCUT2D eigenvalue weighted by Gasteiger charge is 2.33. The molecule has 0 aromatic rings. The summed E-state index contributed by atoms with van der Waals surface area (Å²) in [6.45, 7) is 11.2. The van der Waals surface area contributed by atoms with Gasteiger partial charge in [0.25, 0.3) is 0 Å². The maximum Gasteiger partial charge on any atom is 0.0812 e. The summed E-state index contributed by atoms with van der Waals surface area (Å²) in [6, 6.07) is 4.25. The second-order valence-electron chi connectivity index (χ2n) is 6.77. The van der Waals surface area contributed by atoms with Crippen molar-refractivity contribution in [2.45, 2.75) is 110 Å². The molecule has 21 heavy (non-hydrogen) atoms. The summed E-state index contributed by atoms with van der Waals surface area (Å²) in [5, 5.41) is 11.6. The van der Waals surface area contributed by atoms with Gasteiger partial charge in [0.2, 0.25) is 0 Å². The maximum absolute atomic E-state index is 9.94. The Kier molecular flexibility index (Phi) is 12.4. The summed E-state index contributed by atoms with van der Waals surface area (Å²) in [5.74, 6) is 0. The van der Waals surface area contributed by atoms with Crippen LogP contribution in [0.2, 0.25) is 18.1 Å². The van der Waals surface area contributed by atoms with Gasteiger partial charge >= 0.3 is 0 Å². The molecule has 0 bridgehead atoms. The zero-order valence-corrected chi connectivity index (χ0v) is 16.4. The zero-order valence-electron chi connectivity index (χ0n) is 15.4. The third-order valence-corrected chi connectivity index (χ3v) is 10.8. The van der Waals surface area contributed by atoms with Crippen LogP contribution in [0.4, 0.5) is 0 Å². The number of aliphatic hydroxyl groups excluding tert-OH is 1. The molecule has 0 aromatic heterocycles. The quantitative estimate of drug-likeness (QED) is 0.305. The predicted octanol–water partition coefficient (Wildman–Crippen LogP) is 6.48. The lowest BCUT2D eigenvalue weighted by Gasteiger charge is -2.35. The van der Waals surface area contributed by atoms with Crippen molar-refractivity contribution in [3.05, 3.63) is 11.3 Å². The molecule has 0 aliphatic heterocycles. The van der Waals surface area contributed by atoms with Crippen LogP contribution in [0, 0.1) is 0 Å². The smallest absolute Gasteiger partial charge is 0.0812 e. The van der Waals surface area contributed by atoms with Crippen LogP contribution < -0.4 is 0 Å². The molecule has 0 saturated carbocycles. The third-order valence-electron chi connectivity index (χ3n) is 4.61. The molecule has 0 saturated heterocycles. The fraction of sp³-hybridized carbons (Fsp3) is 0.895. The molecule has 1 unspecified atom stereocenters. The van der Waals surface area contributed by atoms with E-state index in [1.165, 1.54) is 69.5 Å². The highest BCUT2D eigenvalue weighted by Crippen LogP contribution is 2.36. The maximum atomic E-state index is 9.94. The number of hydrogen-bond acceptors (Lipinski definition) is 1. The molecule has 2 heteroatoms. The summed E-state index contributed by atoms with van der Waals surface area (Å²) in [5.41, 5.74) is 0. The van der Waals surface area contributed by atoms with E-state index in [-0.39, 0.29) is 6.10 Å². The van der Waals surface area contributed by atoms with Gasteiger partial charge in [-0.05, 0) is 19.8 Å². The van der Waals surface area contributed by atoms with Crippen molar-refractivity contribution < 1.29 is 5.11 Å². The number of allylic oxidation sites excluding steroid dienone is 1. The van der Waals surface area contributed by atoms with Crippen molar-refractivity contribution >= 4 is 8.07 Å². The van der Waals surface area contributed by atoms with Gasteiger partial charge in [-0.2, -0.15) is 0 Å². The van der Waals surface area contributed by atoms with E-state index in [1.54, 1.807) is 5.20 Å². The Bertz CT molecular complexity index is 254. The zero-order chi connectivity index (χ0) is 16.1. The van der Waals surface area contributed by atoms with Gasteiger partial charge in [-0.1, -0.05) is 95.6 Å². The Morgan fingerprint density at radius 2 is 1.38 bits per heavy atom. The highest BCUT2D eigenvalue weighted by atomic mass is 28.3. The number of rotatable bonds is 13. The van der Waals surface area contributed by atoms with Crippen molar-refractivity contribution in [2.24, 2.45) is 0 Å². The van der Waals surface area contributed by atoms with Crippen LogP contribution in [0.3, 0.4) is 0 Å². The van der Waals surface area contributed by atoms with Gasteiger partial charge in [0.05, 0.1) is 14.2 Å². The van der Waals surface area contributed by atoms with Crippen LogP contribution in [0.15, 0.2) is 11.3 Å². The van der Waals surface area contributed by atoms with Gasteiger partial charge in [-0.15, -0.1) is 0 Å². The number of unbranched alkanes of at least 4 members (excludes halogenated alkanes) is 3. The van der Waals surface area contributed by atoms with Crippen LogP contribution in [-0.2, 0) is 0 Å². The second-order valence-corrected chi connectivity index (χ2v) is 11.5. The topological polar surface area (TPSA) is 20.2 Å². The minimum atomic E-state index is -1.35. The van der Waals surface area contributed by atoms with Crippen LogP contribution >= 0.6 is 0 Å². The van der Waals surface area contributed by atoms with E-state index >= 15 is 0 Å². The normalized spacial score (nSPS) is 14.5. The first-order valence-electron chi connectivity index (χ1n) is 9.45. The molecule has 1 nitrogen and oxygen atoms in total. The summed E-state index contributed by atoms with van der Waals surface area (Å²) in [4.78, 5) is 0. The SMILES string of the molecule is CCCCCC/C(=C\C(C)O)[Si](CCC)(CCC)CCC. The lowest BCUT2D eigenvalue weighted by Crippen LogP contribution is -2.37. The molecule has 0 fully saturated rings. The Balaban J connectivity index is 5.14. The molecule has 0 aliphatic rings. The number of aliphatic hydroxyl groups is 1. The molecular weight excluding hydrogens is 272 g/mol. The number of hydrogen-bond donors (Lipinski definition) is 1. The average Bonchev–Trinajstić information content (AvgIpc) is 2.42. The van der Waals surface area contributed by atoms with Crippen LogP contribution in [0.1, 0.15) is 86.0 Å². The fourth-order valence-corrected chi connectivity index (χ4v) is 9.74. The Hall–Kier alpha value is -0.0831. The van der Waals surface area contributed by atoms with E-state index in [9.17, 15) is 5.11 Å². The third kappa shape index (κ3) is 8.20. The van der Waals surface area contributed by atoms with E-state index in [2.05, 4.69) is 33.8 Å². The molecule has 0 amide bonds. The van der Waals surface area contributed by atoms with Gasteiger partial charge < -0.3 is 5.11 Å². The van der Waals surface area contributed by atoms with E-state index in [0.29, 0.717) is 0 Å². The Morgan fingerprint density at radius 3 is 1.76 bits per heavy atom. The molecule has 0 aliphatic carbocycles. The predicted molar refractivity (Wildman–Crippen MR) is 99.6 cm³/mol. The molecule has 0 radical (unpaired) electrons. The van der Waals surface area contributed by atoms with Crippen LogP contribution in [0.5, 0.6) is 0 Å². The van der Waals surface area contributed by atoms with E-state index in [1.807, 2.05) is 6.92 Å². The first-order chi connectivity index (χ1) is 10.1. The lowest BCUT2D eigenvalue weighted by atomic mass is 10.1. The Labute approximate surface area is 135 Å². The van der Waals surface area contributed by atoms with Gasteiger partial charge in [0.1, 0.15) is 0 Å². The lowest BCUT2D eigenvalue weighted by molar-refractivity contribution is 0.243. The molecule has 126 valence electrons. The largest absolute Gasteiger partial charge is 0.389 e. The molecule has 1 atom stereocenters. The standard InChI is InChI=1S/C19H40OSi/c1-6-10-11-12-13-19(17-18(5)20)21(14-7-2,15-8-3)16-9-4/h17-18,20H,6-16H2,1-5H3/b19-17+. The second kappa shape index (κ2) is 12.5. The summed E-state index contributed by atoms with van der Waals surface area (Å²) < 4.78 is 0. The van der Waals surface area contributed by atoms with Gasteiger partial charge in [0, 0.05) is 0 Å². The fourth-order valence-electron chi connectivity index (χ4n) is 3.85. The van der Waals surface area contributed by atoms with Gasteiger partial charge in [-0.25, -0.2) is 0 Å². The minimum absolute atomic E-state index is 0.274. The molecule has 0 heterocycles. The van der Waals surface area contributed by atoms with E-state index < -0.39 is 8.07 Å². The average molecular weight is 313 g/mol. The summed E-state index contributed by atoms with van der Waals surface area (Å²) >= 11 is 0. The van der Waals surface area contributed by atoms with Crippen LogP contribution in [-0.4, -0.2) is 19.3 Å². The molecule has 0 aromatic carbocycles. The summed E-state index contributed by atoms with van der Waals surface area (Å²) in [6.07, 6.45) is 12.4. The van der Waals surface area contributed by atoms with Crippen molar-refractivity contribution in [2.75, 3.05) is 0 Å². The molecule has 0 spiro atoms. The molecule has 1 N–H and O–H groups in total. The van der Waals surface area contributed by atoms with Crippen molar-refractivity contribution in [1.82, 2.24) is 0 Å². The van der Waals surface area contributed by atoms with E-state index in [0.717, 1.165) is 0 Å².